The molecule has 0 nitrogen and oxygen atoms in total. The van der Waals surface area contributed by atoms with Gasteiger partial charge in [-0.3, -0.25) is 0 Å². The molecule has 0 aromatic heterocycles. The van der Waals surface area contributed by atoms with Gasteiger partial charge in [-0.1, -0.05) is 74.3 Å². The van der Waals surface area contributed by atoms with Crippen LogP contribution in [0.1, 0.15) is 48.0 Å². The van der Waals surface area contributed by atoms with Crippen LogP contribution >= 0.6 is 0 Å². The minimum atomic E-state index is -1.52. The molecule has 0 aromatic rings. The largest absolute Gasteiger partial charge is 0.137 e. The lowest BCUT2D eigenvalue weighted by atomic mass is 10.2. The first-order valence-corrected chi connectivity index (χ1v) is 13.6. The molecule has 0 atom stereocenters. The predicted molar refractivity (Wildman–Crippen MR) is 99.4 cm³/mol. The van der Waals surface area contributed by atoms with Crippen LogP contribution in [0.5, 0.6) is 0 Å². The highest BCUT2D eigenvalue weighted by Gasteiger charge is 2.38. The molecule has 0 radical (unpaired) electrons. The van der Waals surface area contributed by atoms with E-state index in [-0.39, 0.29) is 0 Å². The van der Waals surface area contributed by atoms with E-state index in [0.29, 0.717) is 10.1 Å². The number of hydrogen-bond donors (Lipinski definition) is 0. The molecule has 0 aliphatic rings. The molecule has 0 fully saturated rings. The van der Waals surface area contributed by atoms with Crippen LogP contribution in [0.25, 0.3) is 0 Å². The lowest BCUT2D eigenvalue weighted by molar-refractivity contribution is 0.723. The molecule has 114 valence electrons. The maximum atomic E-state index is 3.92. The van der Waals surface area contributed by atoms with Crippen LogP contribution in [0.15, 0.2) is 17.5 Å². The summed E-state index contributed by atoms with van der Waals surface area (Å²) in [5, 5.41) is 2.02. The van der Waals surface area contributed by atoms with Gasteiger partial charge in [0.25, 0.3) is 0 Å². The summed E-state index contributed by atoms with van der Waals surface area (Å²) in [6.07, 6.45) is 0.854. The fourth-order valence-electron chi connectivity index (χ4n) is 1.50. The van der Waals surface area contributed by atoms with Gasteiger partial charge in [0.1, 0.15) is 8.07 Å². The third-order valence-corrected chi connectivity index (χ3v) is 15.5. The number of hydrogen-bond acceptors (Lipinski definition) is 0. The number of rotatable bonds is 2. The molecular formula is C18H34Si2. The SMILES string of the molecule is C=C=C(CC#C[Si](C)(C)C(C)(C)C)[Si](C)(C)C(C)(C)C. The van der Waals surface area contributed by atoms with Crippen LogP contribution in [0.2, 0.25) is 36.3 Å². The Balaban J connectivity index is 5.24. The zero-order chi connectivity index (χ0) is 16.4. The Morgan fingerprint density at radius 2 is 1.35 bits per heavy atom. The van der Waals surface area contributed by atoms with Crippen molar-refractivity contribution >= 4 is 16.1 Å². The summed E-state index contributed by atoms with van der Waals surface area (Å²) in [4.78, 5) is 0. The van der Waals surface area contributed by atoms with Crippen LogP contribution in [0, 0.1) is 11.5 Å². The average molecular weight is 307 g/mol. The van der Waals surface area contributed by atoms with Gasteiger partial charge in [-0.25, -0.2) is 0 Å². The van der Waals surface area contributed by atoms with E-state index in [1.54, 1.807) is 0 Å². The average Bonchev–Trinajstić information content (AvgIpc) is 2.20. The van der Waals surface area contributed by atoms with Crippen LogP contribution in [0.4, 0.5) is 0 Å². The van der Waals surface area contributed by atoms with Crippen LogP contribution in [-0.4, -0.2) is 16.1 Å². The van der Waals surface area contributed by atoms with E-state index < -0.39 is 16.1 Å². The summed E-state index contributed by atoms with van der Waals surface area (Å²) in [6, 6.07) is 0. The second-order valence-electron chi connectivity index (χ2n) is 8.88. The molecule has 0 saturated heterocycles. The van der Waals surface area contributed by atoms with Gasteiger partial charge in [-0.15, -0.1) is 17.2 Å². The van der Waals surface area contributed by atoms with Crippen molar-refractivity contribution < 1.29 is 0 Å². The van der Waals surface area contributed by atoms with Crippen molar-refractivity contribution in [2.24, 2.45) is 0 Å². The fourth-order valence-corrected chi connectivity index (χ4v) is 4.28. The molecule has 0 aliphatic carbocycles. The minimum Gasteiger partial charge on any atom is -0.133 e. The third kappa shape index (κ3) is 4.52. The Labute approximate surface area is 129 Å². The van der Waals surface area contributed by atoms with Crippen LogP contribution in [-0.2, 0) is 0 Å². The highest BCUT2D eigenvalue weighted by molar-refractivity contribution is 6.88. The lowest BCUT2D eigenvalue weighted by Gasteiger charge is -2.37. The molecular weight excluding hydrogens is 272 g/mol. The molecule has 0 spiro atoms. The fraction of sp³-hybridized carbons (Fsp3) is 0.722. The van der Waals surface area contributed by atoms with Gasteiger partial charge in [-0.2, -0.15) is 0 Å². The minimum absolute atomic E-state index is 0.325. The highest BCUT2D eigenvalue weighted by atomic mass is 28.3. The van der Waals surface area contributed by atoms with Gasteiger partial charge in [0.2, 0.25) is 0 Å². The van der Waals surface area contributed by atoms with Gasteiger partial charge in [0, 0.05) is 6.42 Å². The van der Waals surface area contributed by atoms with E-state index in [0.717, 1.165) is 6.42 Å². The van der Waals surface area contributed by atoms with Gasteiger partial charge < -0.3 is 0 Å². The Hall–Kier alpha value is -0.486. The first-order valence-electron chi connectivity index (χ1n) is 7.56. The van der Waals surface area contributed by atoms with Gasteiger partial charge in [-0.05, 0) is 15.3 Å². The smallest absolute Gasteiger partial charge is 0.133 e. The van der Waals surface area contributed by atoms with Crippen molar-refractivity contribution in [2.45, 2.75) is 84.2 Å². The molecule has 0 aromatic carbocycles. The zero-order valence-corrected chi connectivity index (χ0v) is 17.4. The second-order valence-corrected chi connectivity index (χ2v) is 19.2. The Morgan fingerprint density at radius 3 is 1.65 bits per heavy atom. The van der Waals surface area contributed by atoms with Gasteiger partial charge in [0.05, 0.1) is 8.07 Å². The van der Waals surface area contributed by atoms with E-state index in [1.807, 2.05) is 0 Å². The molecule has 0 saturated carbocycles. The molecule has 0 rings (SSSR count). The summed E-state index contributed by atoms with van der Waals surface area (Å²) in [7, 11) is -3.02. The third-order valence-electron chi connectivity index (χ3n) is 5.38. The summed E-state index contributed by atoms with van der Waals surface area (Å²) < 4.78 is 0. The Morgan fingerprint density at radius 1 is 0.900 bits per heavy atom. The number of allylic oxidation sites excluding steroid dienone is 1. The summed E-state index contributed by atoms with van der Waals surface area (Å²) >= 11 is 0. The first kappa shape index (κ1) is 19.5. The zero-order valence-electron chi connectivity index (χ0n) is 15.4. The Kier molecular flexibility index (Phi) is 5.95. The van der Waals surface area contributed by atoms with E-state index in [9.17, 15) is 0 Å². The summed E-state index contributed by atoms with van der Waals surface area (Å²) in [5.41, 5.74) is 6.82. The first-order chi connectivity index (χ1) is 8.67. The lowest BCUT2D eigenvalue weighted by Crippen LogP contribution is -2.39. The van der Waals surface area contributed by atoms with E-state index in [1.165, 1.54) is 5.20 Å². The van der Waals surface area contributed by atoms with E-state index in [4.69, 9.17) is 0 Å². The molecule has 0 amide bonds. The quantitative estimate of drug-likeness (QED) is 0.324. The maximum absolute atomic E-state index is 3.92. The predicted octanol–water partition coefficient (Wildman–Crippen LogP) is 6.19. The van der Waals surface area contributed by atoms with Crippen LogP contribution < -0.4 is 0 Å². The summed E-state index contributed by atoms with van der Waals surface area (Å²) in [6.45, 7) is 27.4. The van der Waals surface area contributed by atoms with Crippen molar-refractivity contribution in [2.75, 3.05) is 0 Å². The molecule has 0 heterocycles. The van der Waals surface area contributed by atoms with Crippen molar-refractivity contribution in [3.8, 4) is 11.5 Å². The van der Waals surface area contributed by atoms with Crippen LogP contribution in [0.3, 0.4) is 0 Å². The topological polar surface area (TPSA) is 0 Å². The molecule has 20 heavy (non-hydrogen) atoms. The van der Waals surface area contributed by atoms with Crippen molar-refractivity contribution in [1.82, 2.24) is 0 Å². The van der Waals surface area contributed by atoms with E-state index >= 15 is 0 Å². The van der Waals surface area contributed by atoms with Gasteiger partial charge >= 0.3 is 0 Å². The molecule has 2 heteroatoms. The molecule has 0 bridgehead atoms. The highest BCUT2D eigenvalue weighted by Crippen LogP contribution is 2.41. The standard InChI is InChI=1S/C18H34Si2/c1-12-16(20(10,11)18(5,6)7)14-13-15-19(8,9)17(2,3)4/h1,14H2,2-11H3. The second kappa shape index (κ2) is 6.10. The van der Waals surface area contributed by atoms with Crippen molar-refractivity contribution in [3.05, 3.63) is 17.5 Å². The van der Waals surface area contributed by atoms with E-state index in [2.05, 4.69) is 91.5 Å². The van der Waals surface area contributed by atoms with Crippen molar-refractivity contribution in [1.29, 1.82) is 0 Å². The summed E-state index contributed by atoms with van der Waals surface area (Å²) in [5.74, 6) is 3.47. The monoisotopic (exact) mass is 306 g/mol. The molecule has 0 unspecified atom stereocenters. The maximum Gasteiger partial charge on any atom is 0.137 e. The molecule has 0 aliphatic heterocycles. The Bertz CT molecular complexity index is 450. The molecule has 0 N–H and O–H groups in total. The van der Waals surface area contributed by atoms with Gasteiger partial charge in [0.15, 0.2) is 0 Å². The normalized spacial score (nSPS) is 13.3. The van der Waals surface area contributed by atoms with Crippen molar-refractivity contribution in [3.63, 3.8) is 0 Å².